The van der Waals surface area contributed by atoms with Gasteiger partial charge in [0, 0.05) is 5.92 Å². The van der Waals surface area contributed by atoms with E-state index in [1.165, 1.54) is 11.3 Å². The lowest BCUT2D eigenvalue weighted by atomic mass is 9.92. The molecular formula is C16H22N4OS. The number of benzene rings is 1. The zero-order valence-electron chi connectivity index (χ0n) is 13.2. The molecule has 118 valence electrons. The topological polar surface area (TPSA) is 80.9 Å². The van der Waals surface area contributed by atoms with Crippen LogP contribution in [0.5, 0.6) is 0 Å². The number of rotatable bonds is 6. The molecular weight excluding hydrogens is 296 g/mol. The van der Waals surface area contributed by atoms with E-state index < -0.39 is 5.54 Å². The number of amides is 1. The predicted octanol–water partition coefficient (Wildman–Crippen LogP) is 3.25. The molecule has 1 aromatic carbocycles. The summed E-state index contributed by atoms with van der Waals surface area (Å²) in [4.78, 5) is 12.5. The molecule has 1 aromatic heterocycles. The van der Waals surface area contributed by atoms with Crippen LogP contribution in [-0.2, 0) is 10.3 Å². The average Bonchev–Trinajstić information content (AvgIpc) is 2.97. The third-order valence-electron chi connectivity index (χ3n) is 3.84. The van der Waals surface area contributed by atoms with Gasteiger partial charge in [0.2, 0.25) is 5.13 Å². The minimum absolute atomic E-state index is 0.286. The van der Waals surface area contributed by atoms with E-state index in [1.54, 1.807) is 6.92 Å². The summed E-state index contributed by atoms with van der Waals surface area (Å²) in [5.41, 5.74) is 5.84. The van der Waals surface area contributed by atoms with Gasteiger partial charge in [-0.1, -0.05) is 55.5 Å². The Morgan fingerprint density at radius 1 is 1.27 bits per heavy atom. The first-order valence-corrected chi connectivity index (χ1v) is 8.29. The summed E-state index contributed by atoms with van der Waals surface area (Å²) >= 11 is 1.42. The van der Waals surface area contributed by atoms with Crippen molar-refractivity contribution < 1.29 is 4.79 Å². The number of nitrogens with zero attached hydrogens (tertiary/aromatic N) is 2. The largest absolute Gasteiger partial charge is 0.314 e. The Balaban J connectivity index is 2.12. The molecule has 5 nitrogen and oxygen atoms in total. The second kappa shape index (κ2) is 6.98. The average molecular weight is 318 g/mol. The highest BCUT2D eigenvalue weighted by Gasteiger charge is 2.31. The molecule has 0 aliphatic carbocycles. The second-order valence-electron chi connectivity index (χ2n) is 5.48. The van der Waals surface area contributed by atoms with Crippen molar-refractivity contribution in [1.29, 1.82) is 0 Å². The van der Waals surface area contributed by atoms with Crippen molar-refractivity contribution in [2.45, 2.75) is 45.1 Å². The summed E-state index contributed by atoms with van der Waals surface area (Å²) in [6, 6.07) is 9.31. The maximum absolute atomic E-state index is 12.5. The van der Waals surface area contributed by atoms with Gasteiger partial charge >= 0.3 is 0 Å². The van der Waals surface area contributed by atoms with E-state index in [4.69, 9.17) is 5.73 Å². The number of hydrogen-bond acceptors (Lipinski definition) is 5. The molecule has 0 fully saturated rings. The molecule has 22 heavy (non-hydrogen) atoms. The zero-order valence-corrected chi connectivity index (χ0v) is 14.0. The highest BCUT2D eigenvalue weighted by molar-refractivity contribution is 7.15. The van der Waals surface area contributed by atoms with Gasteiger partial charge in [0.05, 0.1) is 0 Å². The minimum atomic E-state index is -1.11. The fourth-order valence-electron chi connectivity index (χ4n) is 2.23. The first-order chi connectivity index (χ1) is 10.5. The molecule has 0 radical (unpaired) electrons. The molecule has 1 amide bonds. The molecule has 0 saturated heterocycles. The predicted molar refractivity (Wildman–Crippen MR) is 89.8 cm³/mol. The van der Waals surface area contributed by atoms with Crippen LogP contribution in [0.2, 0.25) is 0 Å². The molecule has 1 atom stereocenters. The molecule has 0 spiro atoms. The summed E-state index contributed by atoms with van der Waals surface area (Å²) < 4.78 is 0. The van der Waals surface area contributed by atoms with Crippen molar-refractivity contribution in [3.05, 3.63) is 40.9 Å². The van der Waals surface area contributed by atoms with Gasteiger partial charge in [0.25, 0.3) is 5.91 Å². The van der Waals surface area contributed by atoms with Gasteiger partial charge in [-0.15, -0.1) is 10.2 Å². The molecule has 3 N–H and O–H groups in total. The van der Waals surface area contributed by atoms with E-state index in [2.05, 4.69) is 29.4 Å². The van der Waals surface area contributed by atoms with E-state index in [0.717, 1.165) is 23.4 Å². The molecule has 0 aliphatic rings. The lowest BCUT2D eigenvalue weighted by molar-refractivity contribution is -0.120. The van der Waals surface area contributed by atoms with Crippen molar-refractivity contribution in [3.63, 3.8) is 0 Å². The third-order valence-corrected chi connectivity index (χ3v) is 4.84. The molecule has 2 aromatic rings. The van der Waals surface area contributed by atoms with Crippen LogP contribution in [0.25, 0.3) is 0 Å². The first kappa shape index (κ1) is 16.6. The normalized spacial score (nSPS) is 13.9. The van der Waals surface area contributed by atoms with Gasteiger partial charge in [-0.2, -0.15) is 0 Å². The Kier molecular flexibility index (Phi) is 5.26. The molecule has 1 heterocycles. The van der Waals surface area contributed by atoms with E-state index >= 15 is 0 Å². The monoisotopic (exact) mass is 318 g/mol. The number of nitrogens with one attached hydrogen (secondary N) is 1. The number of aromatic nitrogens is 2. The van der Waals surface area contributed by atoms with E-state index in [-0.39, 0.29) is 5.91 Å². The number of hydrogen-bond donors (Lipinski definition) is 2. The van der Waals surface area contributed by atoms with Crippen molar-refractivity contribution >= 4 is 22.4 Å². The van der Waals surface area contributed by atoms with Gasteiger partial charge in [0.15, 0.2) is 0 Å². The summed E-state index contributed by atoms with van der Waals surface area (Å²) in [6.45, 7) is 5.95. The number of carbonyl (C=O) groups is 1. The van der Waals surface area contributed by atoms with Crippen LogP contribution >= 0.6 is 11.3 Å². The maximum atomic E-state index is 12.5. The van der Waals surface area contributed by atoms with Crippen molar-refractivity contribution in [3.8, 4) is 0 Å². The van der Waals surface area contributed by atoms with Crippen molar-refractivity contribution in [2.75, 3.05) is 5.32 Å². The number of nitrogens with two attached hydrogens (primary N) is 1. The summed E-state index contributed by atoms with van der Waals surface area (Å²) in [5.74, 6) is 0.104. The lowest BCUT2D eigenvalue weighted by Gasteiger charge is -2.23. The second-order valence-corrected chi connectivity index (χ2v) is 6.49. The van der Waals surface area contributed by atoms with Crippen LogP contribution in [0.1, 0.15) is 50.1 Å². The standard InChI is InChI=1S/C16H22N4OS/c1-4-11(5-2)13-19-20-15(22-13)18-14(21)16(3,17)12-9-7-6-8-10-12/h6-11H,4-5,17H2,1-3H3,(H,18,20,21). The zero-order chi connectivity index (χ0) is 16.2. The van der Waals surface area contributed by atoms with Gasteiger partial charge in [0.1, 0.15) is 10.5 Å². The van der Waals surface area contributed by atoms with E-state index in [9.17, 15) is 4.79 Å². The highest BCUT2D eigenvalue weighted by Crippen LogP contribution is 2.29. The number of anilines is 1. The molecule has 6 heteroatoms. The molecule has 0 aliphatic heterocycles. The maximum Gasteiger partial charge on any atom is 0.250 e. The highest BCUT2D eigenvalue weighted by atomic mass is 32.1. The number of carbonyl (C=O) groups excluding carboxylic acids is 1. The minimum Gasteiger partial charge on any atom is -0.314 e. The summed E-state index contributed by atoms with van der Waals surface area (Å²) in [5, 5.41) is 12.5. The third kappa shape index (κ3) is 3.51. The fraction of sp³-hybridized carbons (Fsp3) is 0.438. The quantitative estimate of drug-likeness (QED) is 0.856. The van der Waals surface area contributed by atoms with Crippen LogP contribution in [0, 0.1) is 0 Å². The van der Waals surface area contributed by atoms with Gasteiger partial charge < -0.3 is 5.73 Å². The molecule has 0 bridgehead atoms. The van der Waals surface area contributed by atoms with Crippen LogP contribution in [0.4, 0.5) is 5.13 Å². The Morgan fingerprint density at radius 2 is 1.91 bits per heavy atom. The summed E-state index contributed by atoms with van der Waals surface area (Å²) in [7, 11) is 0. The Morgan fingerprint density at radius 3 is 2.50 bits per heavy atom. The molecule has 1 unspecified atom stereocenters. The molecule has 2 rings (SSSR count). The fourth-order valence-corrected chi connectivity index (χ4v) is 3.24. The first-order valence-electron chi connectivity index (χ1n) is 7.48. The van der Waals surface area contributed by atoms with Crippen LogP contribution in [-0.4, -0.2) is 16.1 Å². The van der Waals surface area contributed by atoms with Crippen LogP contribution in [0.3, 0.4) is 0 Å². The van der Waals surface area contributed by atoms with Gasteiger partial charge in [-0.25, -0.2) is 0 Å². The lowest BCUT2D eigenvalue weighted by Crippen LogP contribution is -2.45. The van der Waals surface area contributed by atoms with Crippen molar-refractivity contribution in [1.82, 2.24) is 10.2 Å². The van der Waals surface area contributed by atoms with E-state index in [1.807, 2.05) is 30.3 Å². The van der Waals surface area contributed by atoms with E-state index in [0.29, 0.717) is 11.0 Å². The molecule has 0 saturated carbocycles. The summed E-state index contributed by atoms with van der Waals surface area (Å²) in [6.07, 6.45) is 2.02. The van der Waals surface area contributed by atoms with Crippen LogP contribution in [0.15, 0.2) is 30.3 Å². The Bertz CT molecular complexity index is 620. The van der Waals surface area contributed by atoms with Crippen LogP contribution < -0.4 is 11.1 Å². The Labute approximate surface area is 135 Å². The van der Waals surface area contributed by atoms with Crippen molar-refractivity contribution in [2.24, 2.45) is 5.73 Å². The van der Waals surface area contributed by atoms with Gasteiger partial charge in [-0.05, 0) is 25.3 Å². The SMILES string of the molecule is CCC(CC)c1nnc(NC(=O)C(C)(N)c2ccccc2)s1. The van der Waals surface area contributed by atoms with Gasteiger partial charge in [-0.3, -0.25) is 10.1 Å². The Hall–Kier alpha value is -1.79. The smallest absolute Gasteiger partial charge is 0.250 e.